The summed E-state index contributed by atoms with van der Waals surface area (Å²) in [5.41, 5.74) is 10.5. The number of hydrogen-bond acceptors (Lipinski definition) is 2. The molecule has 2 aliphatic carbocycles. The lowest BCUT2D eigenvalue weighted by molar-refractivity contribution is 0.296. The molecule has 1 aromatic carbocycles. The molecule has 2 nitrogen and oxygen atoms in total. The first-order valence-electron chi connectivity index (χ1n) is 7.79. The van der Waals surface area contributed by atoms with Crippen LogP contribution in [0, 0.1) is 5.92 Å². The Balaban J connectivity index is 1.80. The minimum atomic E-state index is 0.253. The SMILES string of the molecule is CCC(N)Cc1cc2c(cc1OCC1CC1)CCC2. The molecular formula is C17H25NO. The Kier molecular flexibility index (Phi) is 3.79. The smallest absolute Gasteiger partial charge is 0.122 e. The molecule has 0 saturated heterocycles. The fourth-order valence-corrected chi connectivity index (χ4v) is 2.87. The lowest BCUT2D eigenvalue weighted by Crippen LogP contribution is -2.22. The van der Waals surface area contributed by atoms with Crippen LogP contribution in [0.5, 0.6) is 5.75 Å². The van der Waals surface area contributed by atoms with Crippen LogP contribution in [0.1, 0.15) is 49.3 Å². The second kappa shape index (κ2) is 5.54. The van der Waals surface area contributed by atoms with Gasteiger partial charge >= 0.3 is 0 Å². The summed E-state index contributed by atoms with van der Waals surface area (Å²) in [4.78, 5) is 0. The maximum atomic E-state index is 6.13. The Morgan fingerprint density at radius 1 is 1.26 bits per heavy atom. The first-order valence-corrected chi connectivity index (χ1v) is 7.79. The number of rotatable bonds is 6. The van der Waals surface area contributed by atoms with Gasteiger partial charge < -0.3 is 10.5 Å². The molecule has 104 valence electrons. The summed E-state index contributed by atoms with van der Waals surface area (Å²) >= 11 is 0. The first kappa shape index (κ1) is 13.0. The molecular weight excluding hydrogens is 234 g/mol. The van der Waals surface area contributed by atoms with E-state index in [0.29, 0.717) is 0 Å². The van der Waals surface area contributed by atoms with Crippen LogP contribution in [0.25, 0.3) is 0 Å². The van der Waals surface area contributed by atoms with E-state index in [0.717, 1.165) is 31.1 Å². The minimum absolute atomic E-state index is 0.253. The number of fused-ring (bicyclic) bond motifs is 1. The van der Waals surface area contributed by atoms with Gasteiger partial charge in [0.25, 0.3) is 0 Å². The van der Waals surface area contributed by atoms with Crippen LogP contribution in [0.3, 0.4) is 0 Å². The average molecular weight is 259 g/mol. The van der Waals surface area contributed by atoms with Crippen LogP contribution in [0.2, 0.25) is 0 Å². The van der Waals surface area contributed by atoms with E-state index in [1.807, 2.05) is 0 Å². The second-order valence-corrected chi connectivity index (χ2v) is 6.21. The predicted octanol–water partition coefficient (Wildman–Crippen LogP) is 3.24. The Hall–Kier alpha value is -1.02. The van der Waals surface area contributed by atoms with Gasteiger partial charge in [-0.3, -0.25) is 0 Å². The molecule has 0 spiro atoms. The maximum absolute atomic E-state index is 6.13. The van der Waals surface area contributed by atoms with Crippen LogP contribution in [-0.4, -0.2) is 12.6 Å². The molecule has 2 heteroatoms. The maximum Gasteiger partial charge on any atom is 0.122 e. The molecule has 1 saturated carbocycles. The van der Waals surface area contributed by atoms with Gasteiger partial charge in [-0.05, 0) is 73.6 Å². The van der Waals surface area contributed by atoms with Crippen molar-refractivity contribution in [3.8, 4) is 5.75 Å². The van der Waals surface area contributed by atoms with Crippen molar-refractivity contribution in [1.29, 1.82) is 0 Å². The molecule has 0 radical (unpaired) electrons. The fraction of sp³-hybridized carbons (Fsp3) is 0.647. The van der Waals surface area contributed by atoms with Gasteiger partial charge in [0.05, 0.1) is 6.61 Å². The summed E-state index contributed by atoms with van der Waals surface area (Å²) in [6.45, 7) is 3.05. The van der Waals surface area contributed by atoms with Crippen molar-refractivity contribution < 1.29 is 4.74 Å². The Labute approximate surface area is 116 Å². The minimum Gasteiger partial charge on any atom is -0.493 e. The molecule has 0 aromatic heterocycles. The number of ether oxygens (including phenoxy) is 1. The first-order chi connectivity index (χ1) is 9.26. The number of aryl methyl sites for hydroxylation is 2. The van der Waals surface area contributed by atoms with Gasteiger partial charge in [-0.2, -0.15) is 0 Å². The van der Waals surface area contributed by atoms with E-state index in [9.17, 15) is 0 Å². The van der Waals surface area contributed by atoms with Crippen LogP contribution >= 0.6 is 0 Å². The molecule has 0 bridgehead atoms. The molecule has 0 amide bonds. The van der Waals surface area contributed by atoms with E-state index in [1.165, 1.54) is 48.8 Å². The van der Waals surface area contributed by atoms with Gasteiger partial charge in [-0.15, -0.1) is 0 Å². The summed E-state index contributed by atoms with van der Waals surface area (Å²) in [5.74, 6) is 1.91. The third kappa shape index (κ3) is 3.11. The highest BCUT2D eigenvalue weighted by Crippen LogP contribution is 2.34. The third-order valence-electron chi connectivity index (χ3n) is 4.45. The third-order valence-corrected chi connectivity index (χ3v) is 4.45. The Morgan fingerprint density at radius 2 is 2.00 bits per heavy atom. The normalized spacial score (nSPS) is 19.3. The summed E-state index contributed by atoms with van der Waals surface area (Å²) in [7, 11) is 0. The van der Waals surface area contributed by atoms with Crippen molar-refractivity contribution in [2.24, 2.45) is 11.7 Å². The van der Waals surface area contributed by atoms with E-state index in [4.69, 9.17) is 10.5 Å². The summed E-state index contributed by atoms with van der Waals surface area (Å²) in [5, 5.41) is 0. The lowest BCUT2D eigenvalue weighted by Gasteiger charge is -2.16. The van der Waals surface area contributed by atoms with Crippen LogP contribution < -0.4 is 10.5 Å². The lowest BCUT2D eigenvalue weighted by atomic mass is 9.99. The van der Waals surface area contributed by atoms with E-state index in [2.05, 4.69) is 19.1 Å². The average Bonchev–Trinajstić information content (AvgIpc) is 3.14. The number of nitrogens with two attached hydrogens (primary N) is 1. The van der Waals surface area contributed by atoms with E-state index in [1.54, 1.807) is 0 Å². The highest BCUT2D eigenvalue weighted by Gasteiger charge is 2.23. The summed E-state index contributed by atoms with van der Waals surface area (Å²) in [6.07, 6.45) is 8.40. The van der Waals surface area contributed by atoms with Crippen molar-refractivity contribution in [3.63, 3.8) is 0 Å². The molecule has 3 rings (SSSR count). The predicted molar refractivity (Wildman–Crippen MR) is 78.7 cm³/mol. The van der Waals surface area contributed by atoms with Crippen molar-refractivity contribution in [2.75, 3.05) is 6.61 Å². The Bertz CT molecular complexity index is 451. The van der Waals surface area contributed by atoms with Crippen LogP contribution in [0.4, 0.5) is 0 Å². The quantitative estimate of drug-likeness (QED) is 0.851. The molecule has 2 N–H and O–H groups in total. The van der Waals surface area contributed by atoms with Gasteiger partial charge in [-0.25, -0.2) is 0 Å². The second-order valence-electron chi connectivity index (χ2n) is 6.21. The van der Waals surface area contributed by atoms with E-state index in [-0.39, 0.29) is 6.04 Å². The van der Waals surface area contributed by atoms with E-state index >= 15 is 0 Å². The van der Waals surface area contributed by atoms with Gasteiger partial charge in [-0.1, -0.05) is 13.0 Å². The molecule has 1 unspecified atom stereocenters. The number of benzene rings is 1. The van der Waals surface area contributed by atoms with Crippen molar-refractivity contribution in [3.05, 3.63) is 28.8 Å². The molecule has 1 atom stereocenters. The van der Waals surface area contributed by atoms with Gasteiger partial charge in [0, 0.05) is 6.04 Å². The summed E-state index contributed by atoms with van der Waals surface area (Å²) in [6, 6.07) is 4.91. The van der Waals surface area contributed by atoms with Crippen LogP contribution in [0.15, 0.2) is 12.1 Å². The fourth-order valence-electron chi connectivity index (χ4n) is 2.87. The zero-order valence-electron chi connectivity index (χ0n) is 12.0. The molecule has 0 aliphatic heterocycles. The highest BCUT2D eigenvalue weighted by molar-refractivity contribution is 5.45. The molecule has 1 fully saturated rings. The number of hydrogen-bond donors (Lipinski definition) is 1. The summed E-state index contributed by atoms with van der Waals surface area (Å²) < 4.78 is 6.08. The largest absolute Gasteiger partial charge is 0.493 e. The molecule has 0 heterocycles. The molecule has 2 aliphatic rings. The van der Waals surface area contributed by atoms with Crippen molar-refractivity contribution in [1.82, 2.24) is 0 Å². The van der Waals surface area contributed by atoms with Crippen molar-refractivity contribution in [2.45, 2.75) is 57.9 Å². The topological polar surface area (TPSA) is 35.2 Å². The van der Waals surface area contributed by atoms with Gasteiger partial charge in [0.2, 0.25) is 0 Å². The Morgan fingerprint density at radius 3 is 2.68 bits per heavy atom. The zero-order chi connectivity index (χ0) is 13.2. The molecule has 1 aromatic rings. The zero-order valence-corrected chi connectivity index (χ0v) is 12.0. The monoisotopic (exact) mass is 259 g/mol. The van der Waals surface area contributed by atoms with Gasteiger partial charge in [0.1, 0.15) is 5.75 Å². The highest BCUT2D eigenvalue weighted by atomic mass is 16.5. The standard InChI is InChI=1S/C17H25NO/c1-2-16(18)9-15-8-13-4-3-5-14(13)10-17(15)19-11-12-6-7-12/h8,10,12,16H,2-7,9,11,18H2,1H3. The molecule has 19 heavy (non-hydrogen) atoms. The van der Waals surface area contributed by atoms with E-state index < -0.39 is 0 Å². The van der Waals surface area contributed by atoms with Crippen LogP contribution in [-0.2, 0) is 19.3 Å². The van der Waals surface area contributed by atoms with Crippen molar-refractivity contribution >= 4 is 0 Å². The van der Waals surface area contributed by atoms with Gasteiger partial charge in [0.15, 0.2) is 0 Å².